The second kappa shape index (κ2) is 5.22. The van der Waals surface area contributed by atoms with Crippen molar-refractivity contribution in [2.24, 2.45) is 0 Å². The number of nitrogens with zero attached hydrogens (tertiary/aromatic N) is 3. The topological polar surface area (TPSA) is 81.0 Å². The third-order valence-corrected chi connectivity index (χ3v) is 2.37. The first-order valence-electron chi connectivity index (χ1n) is 5.42. The van der Waals surface area contributed by atoms with Gasteiger partial charge in [0.05, 0.1) is 17.2 Å². The van der Waals surface area contributed by atoms with Gasteiger partial charge in [0.25, 0.3) is 0 Å². The molecule has 0 atom stereocenters. The van der Waals surface area contributed by atoms with Crippen LogP contribution < -0.4 is 5.32 Å². The zero-order valence-corrected chi connectivity index (χ0v) is 9.83. The molecule has 6 nitrogen and oxygen atoms in total. The fraction of sp³-hybridized carbons (Fsp3) is 0.167. The van der Waals surface area contributed by atoms with Crippen molar-refractivity contribution in [3.63, 3.8) is 0 Å². The Kier molecular flexibility index (Phi) is 3.47. The molecule has 2 aromatic heterocycles. The minimum atomic E-state index is -0.459. The lowest BCUT2D eigenvalue weighted by Gasteiger charge is -2.05. The summed E-state index contributed by atoms with van der Waals surface area (Å²) in [5.41, 5.74) is 1.69. The van der Waals surface area contributed by atoms with Gasteiger partial charge in [-0.25, -0.2) is 4.98 Å². The molecule has 0 amide bonds. The number of rotatable bonds is 4. The van der Waals surface area contributed by atoms with E-state index in [-0.39, 0.29) is 11.5 Å². The third-order valence-electron chi connectivity index (χ3n) is 2.37. The molecule has 0 aliphatic rings. The molecule has 0 saturated heterocycles. The first-order chi connectivity index (χ1) is 8.66. The molecule has 0 bridgehead atoms. The highest BCUT2D eigenvalue weighted by Crippen LogP contribution is 2.20. The molecule has 2 aromatic rings. The van der Waals surface area contributed by atoms with E-state index in [1.165, 1.54) is 18.3 Å². The van der Waals surface area contributed by atoms with E-state index in [0.717, 1.165) is 11.4 Å². The maximum Gasteiger partial charge on any atom is 0.311 e. The van der Waals surface area contributed by atoms with E-state index in [1.54, 1.807) is 0 Å². The summed E-state index contributed by atoms with van der Waals surface area (Å²) in [6.45, 7) is 2.30. The lowest BCUT2D eigenvalue weighted by molar-refractivity contribution is -0.384. The van der Waals surface area contributed by atoms with E-state index in [4.69, 9.17) is 0 Å². The van der Waals surface area contributed by atoms with Crippen LogP contribution in [0.3, 0.4) is 0 Å². The number of aryl methyl sites for hydroxylation is 1. The van der Waals surface area contributed by atoms with Crippen molar-refractivity contribution in [3.05, 3.63) is 58.0 Å². The summed E-state index contributed by atoms with van der Waals surface area (Å²) in [4.78, 5) is 18.6. The molecule has 92 valence electrons. The number of aromatic nitrogens is 2. The molecular formula is C12H12N4O2. The first-order valence-corrected chi connectivity index (χ1v) is 5.42. The predicted octanol–water partition coefficient (Wildman–Crippen LogP) is 2.31. The van der Waals surface area contributed by atoms with E-state index < -0.39 is 4.92 Å². The van der Waals surface area contributed by atoms with Crippen LogP contribution in [0.25, 0.3) is 0 Å². The van der Waals surface area contributed by atoms with Gasteiger partial charge in [-0.15, -0.1) is 0 Å². The van der Waals surface area contributed by atoms with Crippen LogP contribution in [0.1, 0.15) is 11.4 Å². The van der Waals surface area contributed by atoms with Gasteiger partial charge in [0.1, 0.15) is 0 Å². The standard InChI is InChI=1S/C12H12N4O2/c1-9-4-2-5-10(15-9)8-14-12-11(16(17)18)6-3-7-13-12/h2-7H,8H2,1H3,(H,13,14). The Morgan fingerprint density at radius 1 is 1.33 bits per heavy atom. The molecule has 0 spiro atoms. The van der Waals surface area contributed by atoms with Crippen molar-refractivity contribution in [1.29, 1.82) is 0 Å². The van der Waals surface area contributed by atoms with Crippen molar-refractivity contribution in [3.8, 4) is 0 Å². The Labute approximate surface area is 104 Å². The van der Waals surface area contributed by atoms with E-state index in [9.17, 15) is 10.1 Å². The Balaban J connectivity index is 2.13. The number of hydrogen-bond donors (Lipinski definition) is 1. The van der Waals surface area contributed by atoms with Crippen LogP contribution >= 0.6 is 0 Å². The summed E-state index contributed by atoms with van der Waals surface area (Å²) >= 11 is 0. The minimum absolute atomic E-state index is 0.0369. The highest BCUT2D eigenvalue weighted by atomic mass is 16.6. The van der Waals surface area contributed by atoms with Crippen molar-refractivity contribution in [2.45, 2.75) is 13.5 Å². The second-order valence-corrected chi connectivity index (χ2v) is 3.75. The molecule has 0 aliphatic carbocycles. The largest absolute Gasteiger partial charge is 0.359 e. The van der Waals surface area contributed by atoms with Gasteiger partial charge in [0, 0.05) is 18.0 Å². The molecule has 0 aromatic carbocycles. The Bertz CT molecular complexity index is 572. The number of nitrogens with one attached hydrogen (secondary N) is 1. The van der Waals surface area contributed by atoms with Gasteiger partial charge < -0.3 is 5.32 Å². The first kappa shape index (κ1) is 12.0. The second-order valence-electron chi connectivity index (χ2n) is 3.75. The molecule has 1 N–H and O–H groups in total. The Hall–Kier alpha value is -2.50. The molecule has 2 heterocycles. The molecule has 6 heteroatoms. The van der Waals surface area contributed by atoms with Crippen LogP contribution in [0.15, 0.2) is 36.5 Å². The third kappa shape index (κ3) is 2.79. The van der Waals surface area contributed by atoms with Gasteiger partial charge in [-0.3, -0.25) is 15.1 Å². The molecule has 0 radical (unpaired) electrons. The van der Waals surface area contributed by atoms with Gasteiger partial charge in [-0.2, -0.15) is 0 Å². The summed E-state index contributed by atoms with van der Waals surface area (Å²) in [5, 5.41) is 13.7. The van der Waals surface area contributed by atoms with Gasteiger partial charge in [0.15, 0.2) is 0 Å². The number of pyridine rings is 2. The summed E-state index contributed by atoms with van der Waals surface area (Å²) in [6.07, 6.45) is 1.51. The van der Waals surface area contributed by atoms with Gasteiger partial charge in [0.2, 0.25) is 5.82 Å². The molecule has 0 saturated carbocycles. The average Bonchev–Trinajstić information content (AvgIpc) is 2.37. The van der Waals surface area contributed by atoms with E-state index >= 15 is 0 Å². The molecular weight excluding hydrogens is 232 g/mol. The minimum Gasteiger partial charge on any atom is -0.359 e. The van der Waals surface area contributed by atoms with Gasteiger partial charge in [-0.1, -0.05) is 6.07 Å². The number of nitro groups is 1. The highest BCUT2D eigenvalue weighted by Gasteiger charge is 2.13. The fourth-order valence-electron chi connectivity index (χ4n) is 1.55. The summed E-state index contributed by atoms with van der Waals surface area (Å²) in [5.74, 6) is 0.255. The van der Waals surface area contributed by atoms with Gasteiger partial charge >= 0.3 is 5.69 Å². The number of hydrogen-bond acceptors (Lipinski definition) is 5. The normalized spacial score (nSPS) is 10.1. The van der Waals surface area contributed by atoms with Crippen LogP contribution in [-0.2, 0) is 6.54 Å². The fourth-order valence-corrected chi connectivity index (χ4v) is 1.55. The summed E-state index contributed by atoms with van der Waals surface area (Å²) in [6, 6.07) is 8.60. The van der Waals surface area contributed by atoms with Crippen LogP contribution in [0.4, 0.5) is 11.5 Å². The van der Waals surface area contributed by atoms with Crippen LogP contribution in [0.2, 0.25) is 0 Å². The molecule has 0 fully saturated rings. The van der Waals surface area contributed by atoms with Crippen LogP contribution in [0, 0.1) is 17.0 Å². The molecule has 2 rings (SSSR count). The quantitative estimate of drug-likeness (QED) is 0.659. The van der Waals surface area contributed by atoms with Crippen molar-refractivity contribution < 1.29 is 4.92 Å². The number of anilines is 1. The lowest BCUT2D eigenvalue weighted by Crippen LogP contribution is -2.06. The molecule has 0 unspecified atom stereocenters. The van der Waals surface area contributed by atoms with E-state index in [0.29, 0.717) is 6.54 Å². The van der Waals surface area contributed by atoms with Crippen LogP contribution in [0.5, 0.6) is 0 Å². The lowest BCUT2D eigenvalue weighted by atomic mass is 10.3. The Morgan fingerprint density at radius 3 is 2.89 bits per heavy atom. The zero-order valence-electron chi connectivity index (χ0n) is 9.83. The SMILES string of the molecule is Cc1cccc(CNc2ncccc2[N+](=O)[O-])n1. The summed E-state index contributed by atoms with van der Waals surface area (Å²) < 4.78 is 0. The van der Waals surface area contributed by atoms with Crippen molar-refractivity contribution >= 4 is 11.5 Å². The maximum atomic E-state index is 10.8. The van der Waals surface area contributed by atoms with Crippen molar-refractivity contribution in [1.82, 2.24) is 9.97 Å². The van der Waals surface area contributed by atoms with Gasteiger partial charge in [-0.05, 0) is 25.1 Å². The predicted molar refractivity (Wildman–Crippen MR) is 67.2 cm³/mol. The van der Waals surface area contributed by atoms with E-state index in [1.807, 2.05) is 25.1 Å². The maximum absolute atomic E-state index is 10.8. The van der Waals surface area contributed by atoms with Crippen molar-refractivity contribution in [2.75, 3.05) is 5.32 Å². The zero-order chi connectivity index (χ0) is 13.0. The molecule has 0 aliphatic heterocycles. The smallest absolute Gasteiger partial charge is 0.311 e. The molecule has 18 heavy (non-hydrogen) atoms. The van der Waals surface area contributed by atoms with Crippen LogP contribution in [-0.4, -0.2) is 14.9 Å². The average molecular weight is 244 g/mol. The van der Waals surface area contributed by atoms with E-state index in [2.05, 4.69) is 15.3 Å². The Morgan fingerprint density at radius 2 is 2.17 bits per heavy atom. The monoisotopic (exact) mass is 244 g/mol. The summed E-state index contributed by atoms with van der Waals surface area (Å²) in [7, 11) is 0. The highest BCUT2D eigenvalue weighted by molar-refractivity contribution is 5.55.